The second-order valence-corrected chi connectivity index (χ2v) is 17.3. The van der Waals surface area contributed by atoms with Crippen LogP contribution >= 0.6 is 0 Å². The van der Waals surface area contributed by atoms with Crippen LogP contribution < -0.4 is 0 Å². The maximum Gasteiger partial charge on any atom is 0.187 e. The third-order valence-corrected chi connectivity index (χ3v) is 14.6. The number of aliphatic hydroxyl groups is 6. The Labute approximate surface area is 265 Å². The number of rotatable bonds is 7. The molecule has 4 aliphatic carbocycles. The van der Waals surface area contributed by atoms with E-state index in [4.69, 9.17) is 9.47 Å². The first-order valence-electron chi connectivity index (χ1n) is 17.3. The zero-order valence-electron chi connectivity index (χ0n) is 28.5. The molecule has 0 aromatic carbocycles. The van der Waals surface area contributed by atoms with E-state index in [0.29, 0.717) is 18.3 Å². The Morgan fingerprint density at radius 3 is 2.16 bits per heavy atom. The van der Waals surface area contributed by atoms with Crippen LogP contribution in [0.3, 0.4) is 0 Å². The zero-order chi connectivity index (χ0) is 32.6. The van der Waals surface area contributed by atoms with Gasteiger partial charge in [0, 0.05) is 0 Å². The highest BCUT2D eigenvalue weighted by Crippen LogP contribution is 2.76. The van der Waals surface area contributed by atoms with Gasteiger partial charge in [0.15, 0.2) is 6.29 Å². The van der Waals surface area contributed by atoms with Crippen LogP contribution in [0.5, 0.6) is 0 Å². The first-order chi connectivity index (χ1) is 20.4. The van der Waals surface area contributed by atoms with Gasteiger partial charge in [-0.1, -0.05) is 46.3 Å². The molecule has 0 aromatic rings. The number of ether oxygens (including phenoxy) is 2. The normalized spacial score (nSPS) is 51.5. The minimum Gasteiger partial charge on any atom is -0.394 e. The number of fused-ring (bicyclic) bond motifs is 5. The van der Waals surface area contributed by atoms with Crippen molar-refractivity contribution in [2.45, 2.75) is 162 Å². The lowest BCUT2D eigenvalue weighted by atomic mass is 9.35. The minimum atomic E-state index is -1.50. The highest BCUT2D eigenvalue weighted by Gasteiger charge is 2.71. The van der Waals surface area contributed by atoms with Crippen molar-refractivity contribution in [3.8, 4) is 0 Å². The number of hydrogen-bond donors (Lipinski definition) is 6. The molecule has 4 saturated carbocycles. The standard InChI is InChI=1S/C36H62O8/c1-20(2)10-9-14-36(8,44-31-30(42)29(41)28(40)23(19-37)43-31)21-11-16-35(7)27(21)22(38)18-25-33(5)15-13-26(39)32(3,4)24(33)12-17-34(25,35)6/h10,21-31,37-42H,9,11-19H2,1-8H3/t21?,22-,23-,24?,25?,26+,27?,28-,29+,30-,31+,33+,34-,35-,36+/m1/s1. The van der Waals surface area contributed by atoms with E-state index in [-0.39, 0.29) is 39.6 Å². The summed E-state index contributed by atoms with van der Waals surface area (Å²) in [6.45, 7) is 17.5. The Kier molecular flexibility index (Phi) is 9.35. The van der Waals surface area contributed by atoms with Gasteiger partial charge in [0.2, 0.25) is 0 Å². The molecule has 5 fully saturated rings. The van der Waals surface area contributed by atoms with Gasteiger partial charge in [-0.3, -0.25) is 0 Å². The van der Waals surface area contributed by atoms with Crippen LogP contribution in [0.25, 0.3) is 0 Å². The fourth-order valence-corrected chi connectivity index (χ4v) is 11.8. The first kappa shape index (κ1) is 34.7. The summed E-state index contributed by atoms with van der Waals surface area (Å²) in [6, 6.07) is 0. The van der Waals surface area contributed by atoms with E-state index in [9.17, 15) is 30.6 Å². The molecule has 5 rings (SSSR count). The van der Waals surface area contributed by atoms with E-state index >= 15 is 0 Å². The quantitative estimate of drug-likeness (QED) is 0.231. The molecule has 1 heterocycles. The molecule has 0 amide bonds. The summed E-state index contributed by atoms with van der Waals surface area (Å²) in [5.41, 5.74) is 0.171. The van der Waals surface area contributed by atoms with Gasteiger partial charge in [-0.25, -0.2) is 0 Å². The van der Waals surface area contributed by atoms with E-state index in [1.54, 1.807) is 0 Å². The van der Waals surface area contributed by atoms with Crippen LogP contribution in [0.4, 0.5) is 0 Å². The van der Waals surface area contributed by atoms with Crippen molar-refractivity contribution in [2.75, 3.05) is 6.61 Å². The van der Waals surface area contributed by atoms with Gasteiger partial charge in [-0.15, -0.1) is 0 Å². The van der Waals surface area contributed by atoms with Crippen LogP contribution in [0.2, 0.25) is 0 Å². The van der Waals surface area contributed by atoms with E-state index in [0.717, 1.165) is 51.4 Å². The van der Waals surface area contributed by atoms with Crippen molar-refractivity contribution >= 4 is 0 Å². The van der Waals surface area contributed by atoms with Crippen molar-refractivity contribution in [3.63, 3.8) is 0 Å². The molecule has 8 nitrogen and oxygen atoms in total. The molecule has 1 aliphatic heterocycles. The second kappa shape index (κ2) is 11.8. The lowest BCUT2D eigenvalue weighted by Gasteiger charge is -2.70. The molecule has 44 heavy (non-hydrogen) atoms. The summed E-state index contributed by atoms with van der Waals surface area (Å²) in [6.07, 6.45) is 2.60. The Balaban J connectivity index is 1.49. The fourth-order valence-electron chi connectivity index (χ4n) is 11.8. The lowest BCUT2D eigenvalue weighted by Crippen LogP contribution is -2.67. The Bertz CT molecular complexity index is 1070. The summed E-state index contributed by atoms with van der Waals surface area (Å²) >= 11 is 0. The molecular formula is C36H62O8. The topological polar surface area (TPSA) is 140 Å². The monoisotopic (exact) mass is 622 g/mol. The molecule has 254 valence electrons. The molecule has 0 bridgehead atoms. The van der Waals surface area contributed by atoms with Gasteiger partial charge in [-0.2, -0.15) is 0 Å². The largest absolute Gasteiger partial charge is 0.394 e. The van der Waals surface area contributed by atoms with Crippen molar-refractivity contribution in [3.05, 3.63) is 11.6 Å². The smallest absolute Gasteiger partial charge is 0.187 e. The molecule has 6 N–H and O–H groups in total. The molecule has 5 aliphatic rings. The molecule has 15 atom stereocenters. The van der Waals surface area contributed by atoms with Crippen LogP contribution in [-0.2, 0) is 9.47 Å². The predicted molar refractivity (Wildman–Crippen MR) is 168 cm³/mol. The highest BCUT2D eigenvalue weighted by molar-refractivity contribution is 5.20. The third kappa shape index (κ3) is 5.17. The van der Waals surface area contributed by atoms with E-state index in [1.165, 1.54) is 5.57 Å². The maximum atomic E-state index is 12.2. The summed E-state index contributed by atoms with van der Waals surface area (Å²) in [4.78, 5) is 0. The average molecular weight is 623 g/mol. The lowest BCUT2D eigenvalue weighted by molar-refractivity contribution is -0.336. The molecule has 8 heteroatoms. The molecule has 0 aromatic heterocycles. The van der Waals surface area contributed by atoms with Gasteiger partial charge < -0.3 is 40.1 Å². The Morgan fingerprint density at radius 2 is 1.52 bits per heavy atom. The highest BCUT2D eigenvalue weighted by atomic mass is 16.7. The van der Waals surface area contributed by atoms with Crippen LogP contribution in [-0.4, -0.2) is 85.8 Å². The van der Waals surface area contributed by atoms with Gasteiger partial charge in [0.05, 0.1) is 24.4 Å². The SMILES string of the molecule is CC(C)=CCC[C@](C)(O[C@@H]1O[C@H](CO)[C@@H](O)[C@H](O)[C@H]1O)C1CC[C@]2(C)C1[C@H](O)CC1[C@@]3(C)CC[C@H](O)C(C)(C)C3CC[C@]12C. The van der Waals surface area contributed by atoms with E-state index in [1.807, 2.05) is 0 Å². The number of allylic oxidation sites excluding steroid dienone is 2. The van der Waals surface area contributed by atoms with E-state index in [2.05, 4.69) is 61.5 Å². The summed E-state index contributed by atoms with van der Waals surface area (Å²) in [5, 5.41) is 65.0. The van der Waals surface area contributed by atoms with Crippen LogP contribution in [0.1, 0.15) is 113 Å². The summed E-state index contributed by atoms with van der Waals surface area (Å²) in [7, 11) is 0. The Hall–Kier alpha value is -0.580. The molecule has 4 unspecified atom stereocenters. The van der Waals surface area contributed by atoms with E-state index < -0.39 is 49.0 Å². The van der Waals surface area contributed by atoms with Gasteiger partial charge in [-0.05, 0) is 124 Å². The van der Waals surface area contributed by atoms with Crippen molar-refractivity contribution in [1.29, 1.82) is 0 Å². The first-order valence-corrected chi connectivity index (χ1v) is 17.3. The molecule has 0 spiro atoms. The van der Waals surface area contributed by atoms with Crippen molar-refractivity contribution in [2.24, 2.45) is 45.3 Å². The van der Waals surface area contributed by atoms with Gasteiger partial charge in [0.1, 0.15) is 24.4 Å². The van der Waals surface area contributed by atoms with Crippen molar-refractivity contribution < 1.29 is 40.1 Å². The maximum absolute atomic E-state index is 12.2. The number of hydrogen-bond acceptors (Lipinski definition) is 8. The zero-order valence-corrected chi connectivity index (χ0v) is 28.5. The average Bonchev–Trinajstić information content (AvgIpc) is 3.33. The third-order valence-electron chi connectivity index (χ3n) is 14.6. The summed E-state index contributed by atoms with van der Waals surface area (Å²) in [5.74, 6) is 0.713. The van der Waals surface area contributed by atoms with Gasteiger partial charge >= 0.3 is 0 Å². The second-order valence-electron chi connectivity index (χ2n) is 17.3. The predicted octanol–water partition coefficient (Wildman–Crippen LogP) is 4.32. The molecular weight excluding hydrogens is 560 g/mol. The van der Waals surface area contributed by atoms with Crippen molar-refractivity contribution in [1.82, 2.24) is 0 Å². The van der Waals surface area contributed by atoms with Crippen LogP contribution in [0, 0.1) is 45.3 Å². The number of aliphatic hydroxyl groups excluding tert-OH is 6. The Morgan fingerprint density at radius 1 is 0.864 bits per heavy atom. The molecule has 0 radical (unpaired) electrons. The van der Waals surface area contributed by atoms with Gasteiger partial charge in [0.25, 0.3) is 0 Å². The fraction of sp³-hybridized carbons (Fsp3) is 0.944. The molecule has 1 saturated heterocycles. The van der Waals surface area contributed by atoms with Crippen LogP contribution in [0.15, 0.2) is 11.6 Å². The summed E-state index contributed by atoms with van der Waals surface area (Å²) < 4.78 is 12.6. The minimum absolute atomic E-state index is 0.0131.